The van der Waals surface area contributed by atoms with E-state index in [4.69, 9.17) is 16.3 Å². The number of hydrogen-bond donors (Lipinski definition) is 1. The molecule has 2 atom stereocenters. The van der Waals surface area contributed by atoms with Crippen LogP contribution in [0.4, 0.5) is 8.78 Å². The van der Waals surface area contributed by atoms with E-state index in [1.165, 1.54) is 30.3 Å². The van der Waals surface area contributed by atoms with Gasteiger partial charge in [-0.05, 0) is 42.0 Å². The Labute approximate surface area is 119 Å². The van der Waals surface area contributed by atoms with Crippen LogP contribution >= 0.6 is 11.6 Å². The van der Waals surface area contributed by atoms with E-state index in [2.05, 4.69) is 0 Å². The molecule has 5 heteroatoms. The summed E-state index contributed by atoms with van der Waals surface area (Å²) in [6.45, 7) is 0. The number of halogens is 3. The van der Waals surface area contributed by atoms with E-state index < -0.39 is 23.8 Å². The number of ether oxygens (including phenoxy) is 1. The average molecular weight is 297 g/mol. The van der Waals surface area contributed by atoms with Gasteiger partial charge in [0.1, 0.15) is 23.5 Å². The molecule has 2 nitrogen and oxygen atoms in total. The fraction of sp³-hybridized carbons (Fsp3) is 0.200. The lowest BCUT2D eigenvalue weighted by atomic mass is 9.95. The highest BCUT2D eigenvalue weighted by molar-refractivity contribution is 6.30. The molecule has 1 unspecified atom stereocenters. The molecule has 0 fully saturated rings. The molecule has 0 spiro atoms. The quantitative estimate of drug-likeness (QED) is 0.855. The molecule has 1 N–H and O–H groups in total. The summed E-state index contributed by atoms with van der Waals surface area (Å²) in [7, 11) is 0. The van der Waals surface area contributed by atoms with Gasteiger partial charge in [-0.3, -0.25) is 0 Å². The van der Waals surface area contributed by atoms with Crippen LogP contribution in [0.1, 0.15) is 29.8 Å². The molecule has 0 aliphatic carbocycles. The Morgan fingerprint density at radius 1 is 1.10 bits per heavy atom. The third-order valence-corrected chi connectivity index (χ3v) is 3.51. The zero-order valence-electron chi connectivity index (χ0n) is 10.3. The van der Waals surface area contributed by atoms with Crippen molar-refractivity contribution in [2.75, 3.05) is 0 Å². The van der Waals surface area contributed by atoms with E-state index in [0.29, 0.717) is 16.9 Å². The highest BCUT2D eigenvalue weighted by Crippen LogP contribution is 2.41. The predicted octanol–water partition coefficient (Wildman–Crippen LogP) is 4.18. The normalized spacial score (nSPS) is 21.2. The molecule has 20 heavy (non-hydrogen) atoms. The maximum atomic E-state index is 13.4. The first-order chi connectivity index (χ1) is 9.52. The van der Waals surface area contributed by atoms with Gasteiger partial charge < -0.3 is 9.84 Å². The minimum Gasteiger partial charge on any atom is -0.485 e. The van der Waals surface area contributed by atoms with Crippen molar-refractivity contribution in [2.24, 2.45) is 0 Å². The number of benzene rings is 2. The van der Waals surface area contributed by atoms with Gasteiger partial charge in [0.15, 0.2) is 0 Å². The highest BCUT2D eigenvalue weighted by Gasteiger charge is 2.28. The SMILES string of the molecule is O[C@@H]1CC(c2cc(F)cc(Cl)c2)Oc2ccc(F)cc21. The van der Waals surface area contributed by atoms with Crippen molar-refractivity contribution in [2.45, 2.75) is 18.6 Å². The van der Waals surface area contributed by atoms with Gasteiger partial charge in [0.2, 0.25) is 0 Å². The van der Waals surface area contributed by atoms with E-state index in [0.717, 1.165) is 0 Å². The third-order valence-electron chi connectivity index (χ3n) is 3.29. The molecule has 0 saturated heterocycles. The minimum atomic E-state index is -0.860. The van der Waals surface area contributed by atoms with Gasteiger partial charge in [0.05, 0.1) is 6.10 Å². The maximum Gasteiger partial charge on any atom is 0.127 e. The molecule has 0 bridgehead atoms. The first-order valence-electron chi connectivity index (χ1n) is 6.13. The summed E-state index contributed by atoms with van der Waals surface area (Å²) in [5.74, 6) is -0.496. The maximum absolute atomic E-state index is 13.4. The van der Waals surface area contributed by atoms with Crippen LogP contribution in [0.15, 0.2) is 36.4 Å². The van der Waals surface area contributed by atoms with Crippen molar-refractivity contribution in [1.29, 1.82) is 0 Å². The third kappa shape index (κ3) is 2.49. The number of aliphatic hydroxyl groups is 1. The summed E-state index contributed by atoms with van der Waals surface area (Å²) in [6, 6.07) is 8.07. The lowest BCUT2D eigenvalue weighted by Gasteiger charge is -2.30. The Hall–Kier alpha value is -1.65. The van der Waals surface area contributed by atoms with Crippen LogP contribution in [0.2, 0.25) is 5.02 Å². The molecular weight excluding hydrogens is 286 g/mol. The molecule has 1 heterocycles. The summed E-state index contributed by atoms with van der Waals surface area (Å²) in [5.41, 5.74) is 0.952. The van der Waals surface area contributed by atoms with Gasteiger partial charge in [0.25, 0.3) is 0 Å². The van der Waals surface area contributed by atoms with Gasteiger partial charge in [-0.2, -0.15) is 0 Å². The second-order valence-corrected chi connectivity index (χ2v) is 5.18. The Bertz CT molecular complexity index is 640. The summed E-state index contributed by atoms with van der Waals surface area (Å²) >= 11 is 5.82. The fourth-order valence-electron chi connectivity index (χ4n) is 2.38. The van der Waals surface area contributed by atoms with Crippen LogP contribution in [0.25, 0.3) is 0 Å². The van der Waals surface area contributed by atoms with Gasteiger partial charge >= 0.3 is 0 Å². The first-order valence-corrected chi connectivity index (χ1v) is 6.51. The van der Waals surface area contributed by atoms with Crippen LogP contribution in [0.5, 0.6) is 5.75 Å². The molecular formula is C15H11ClF2O2. The van der Waals surface area contributed by atoms with Gasteiger partial charge in [0, 0.05) is 17.0 Å². The van der Waals surface area contributed by atoms with Crippen molar-refractivity contribution in [3.63, 3.8) is 0 Å². The number of fused-ring (bicyclic) bond motifs is 1. The zero-order chi connectivity index (χ0) is 14.3. The monoisotopic (exact) mass is 296 g/mol. The lowest BCUT2D eigenvalue weighted by molar-refractivity contribution is 0.0652. The largest absolute Gasteiger partial charge is 0.485 e. The lowest BCUT2D eigenvalue weighted by Crippen LogP contribution is -2.19. The smallest absolute Gasteiger partial charge is 0.127 e. The molecule has 2 aromatic rings. The van der Waals surface area contributed by atoms with Crippen LogP contribution in [0, 0.1) is 11.6 Å². The first kappa shape index (κ1) is 13.3. The van der Waals surface area contributed by atoms with E-state index >= 15 is 0 Å². The Morgan fingerprint density at radius 2 is 1.90 bits per heavy atom. The van der Waals surface area contributed by atoms with Gasteiger partial charge in [-0.1, -0.05) is 11.6 Å². The van der Waals surface area contributed by atoms with Crippen LogP contribution in [0.3, 0.4) is 0 Å². The summed E-state index contributed by atoms with van der Waals surface area (Å²) in [4.78, 5) is 0. The molecule has 1 aliphatic heterocycles. The predicted molar refractivity (Wildman–Crippen MR) is 70.8 cm³/mol. The van der Waals surface area contributed by atoms with Crippen molar-refractivity contribution < 1.29 is 18.6 Å². The standard InChI is InChI=1S/C15H11ClF2O2/c16-9-3-8(4-11(18)5-9)15-7-13(19)12-6-10(17)1-2-14(12)20-15/h1-6,13,15,19H,7H2/t13-,15?/m1/s1. The minimum absolute atomic E-state index is 0.218. The molecule has 104 valence electrons. The highest BCUT2D eigenvalue weighted by atomic mass is 35.5. The van der Waals surface area contributed by atoms with Crippen LogP contribution < -0.4 is 4.74 Å². The van der Waals surface area contributed by atoms with E-state index in [9.17, 15) is 13.9 Å². The molecule has 0 radical (unpaired) electrons. The van der Waals surface area contributed by atoms with E-state index in [-0.39, 0.29) is 11.4 Å². The van der Waals surface area contributed by atoms with E-state index in [1.54, 1.807) is 6.07 Å². The zero-order valence-corrected chi connectivity index (χ0v) is 11.1. The van der Waals surface area contributed by atoms with Crippen molar-refractivity contribution >= 4 is 11.6 Å². The summed E-state index contributed by atoms with van der Waals surface area (Å²) in [6.07, 6.45) is -1.16. The fourth-order valence-corrected chi connectivity index (χ4v) is 2.61. The molecule has 3 rings (SSSR count). The van der Waals surface area contributed by atoms with Gasteiger partial charge in [-0.25, -0.2) is 8.78 Å². The van der Waals surface area contributed by atoms with Crippen LogP contribution in [-0.2, 0) is 0 Å². The molecule has 0 aromatic heterocycles. The Balaban J connectivity index is 1.96. The Kier molecular flexibility index (Phi) is 3.36. The second-order valence-electron chi connectivity index (χ2n) is 4.74. The van der Waals surface area contributed by atoms with Crippen molar-refractivity contribution in [1.82, 2.24) is 0 Å². The number of aliphatic hydroxyl groups excluding tert-OH is 1. The summed E-state index contributed by atoms with van der Waals surface area (Å²) < 4.78 is 32.2. The molecule has 2 aromatic carbocycles. The number of hydrogen-bond acceptors (Lipinski definition) is 2. The Morgan fingerprint density at radius 3 is 2.65 bits per heavy atom. The van der Waals surface area contributed by atoms with Crippen LogP contribution in [-0.4, -0.2) is 5.11 Å². The topological polar surface area (TPSA) is 29.5 Å². The summed E-state index contributed by atoms with van der Waals surface area (Å²) in [5, 5.41) is 10.3. The number of rotatable bonds is 1. The van der Waals surface area contributed by atoms with E-state index in [1.807, 2.05) is 0 Å². The second kappa shape index (κ2) is 5.04. The molecule has 1 aliphatic rings. The molecule has 0 amide bonds. The van der Waals surface area contributed by atoms with Gasteiger partial charge in [-0.15, -0.1) is 0 Å². The molecule has 0 saturated carbocycles. The average Bonchev–Trinajstić information content (AvgIpc) is 2.38. The van der Waals surface area contributed by atoms with Crippen molar-refractivity contribution in [3.05, 3.63) is 64.2 Å². The van der Waals surface area contributed by atoms with Crippen molar-refractivity contribution in [3.8, 4) is 5.75 Å².